The molecule has 0 spiro atoms. The number of fused-ring (bicyclic) bond motifs is 8. The van der Waals surface area contributed by atoms with Gasteiger partial charge in [-0.1, -0.05) is 23.8 Å². The van der Waals surface area contributed by atoms with Gasteiger partial charge in [0.05, 0.1) is 48.4 Å². The summed E-state index contributed by atoms with van der Waals surface area (Å²) in [7, 11) is 1.71. The minimum absolute atomic E-state index is 0.0239. The molecule has 5 aliphatic heterocycles. The number of esters is 1. The van der Waals surface area contributed by atoms with Gasteiger partial charge >= 0.3 is 5.97 Å². The number of aryl methyl sites for hydroxylation is 1. The third-order valence-electron chi connectivity index (χ3n) is 14.1. The molecule has 2 bridgehead atoms. The molecule has 5 heterocycles. The second-order valence-corrected chi connectivity index (χ2v) is 17.6. The first-order valence-electron chi connectivity index (χ1n) is 22.0. The number of Topliss-reactive ketones (excluding diaryl/α,β-unsaturated/α-hetero) is 1. The molecule has 2 aromatic rings. The number of allylic oxidation sites excluding steroid dienone is 3. The highest BCUT2D eigenvalue weighted by Crippen LogP contribution is 2.58. The van der Waals surface area contributed by atoms with E-state index in [1.165, 1.54) is 0 Å². The number of hydrogen-bond donors (Lipinski definition) is 3. The van der Waals surface area contributed by atoms with E-state index >= 15 is 0 Å². The predicted octanol–water partition coefficient (Wildman–Crippen LogP) is 3.19. The van der Waals surface area contributed by atoms with E-state index < -0.39 is 30.2 Å². The summed E-state index contributed by atoms with van der Waals surface area (Å²) >= 11 is 0. The molecule has 61 heavy (non-hydrogen) atoms. The fourth-order valence-electron chi connectivity index (χ4n) is 11.1. The number of aliphatic hydroxyl groups excluding tert-OH is 2. The molecule has 2 aromatic carbocycles. The Labute approximate surface area is 355 Å². The molecule has 0 aromatic heterocycles. The van der Waals surface area contributed by atoms with Crippen LogP contribution in [0.2, 0.25) is 0 Å². The first kappa shape index (κ1) is 41.7. The van der Waals surface area contributed by atoms with Gasteiger partial charge in [0.2, 0.25) is 5.76 Å². The Balaban J connectivity index is 1.20. The maximum atomic E-state index is 14.1. The van der Waals surface area contributed by atoms with Crippen molar-refractivity contribution in [3.63, 3.8) is 0 Å². The molecule has 324 valence electrons. The van der Waals surface area contributed by atoms with E-state index in [0.717, 1.165) is 59.8 Å². The van der Waals surface area contributed by atoms with Crippen molar-refractivity contribution in [2.45, 2.75) is 88.9 Å². The Morgan fingerprint density at radius 1 is 1.11 bits per heavy atom. The summed E-state index contributed by atoms with van der Waals surface area (Å²) in [6, 6.07) is 4.13. The lowest BCUT2D eigenvalue weighted by atomic mass is 9.66. The molecule has 6 atom stereocenters. The molecule has 1 saturated heterocycles. The van der Waals surface area contributed by atoms with Gasteiger partial charge in [0, 0.05) is 75.1 Å². The number of nitrogens with zero attached hydrogens (tertiary/aromatic N) is 2. The molecule has 0 amide bonds. The van der Waals surface area contributed by atoms with E-state index in [4.69, 9.17) is 23.7 Å². The lowest BCUT2D eigenvalue weighted by Gasteiger charge is -2.49. The van der Waals surface area contributed by atoms with Crippen molar-refractivity contribution in [2.24, 2.45) is 22.7 Å². The van der Waals surface area contributed by atoms with Crippen LogP contribution in [0.5, 0.6) is 17.2 Å². The Morgan fingerprint density at radius 3 is 2.77 bits per heavy atom. The number of aliphatic hydroxyl groups is 3. The standard InChI is InChI=1S/C48H56N2O11/c1-3-58-47(55)46-35(24-52)41-30-9-10-39(54)33(19-30)32-18-29-11-14-49-38(29)20-28(32)8-7-27(23-51)26-59-44-34-21-40(60-43(34)36(25-53)45(61-46)42(41)44)48(56)13-4-6-31-22-50(15-5-17-57-2)16-12-37(31)48/h4,6,11,18,20,24,27,31,33,37,40,51,53,56H,3,5,7-10,12-17,19,21-23,25-26H2,1-2H3. The fourth-order valence-corrected chi connectivity index (χ4v) is 11.1. The van der Waals surface area contributed by atoms with Crippen molar-refractivity contribution < 1.29 is 53.4 Å². The second kappa shape index (κ2) is 17.2. The zero-order chi connectivity index (χ0) is 42.4. The molecule has 13 nitrogen and oxygen atoms in total. The molecule has 9 rings (SSSR count). The highest BCUT2D eigenvalue weighted by Gasteiger charge is 2.54. The van der Waals surface area contributed by atoms with E-state index in [1.807, 2.05) is 12.2 Å². The van der Waals surface area contributed by atoms with Crippen LogP contribution < -0.4 is 24.8 Å². The van der Waals surface area contributed by atoms with Crippen molar-refractivity contribution in [3.8, 4) is 17.2 Å². The SMILES string of the molecule is CCOC(=O)C1=C(C=O)C2=C3CCC(=O)C(C3)c3cc4c(cc3CCC(CO)COc3c5c(c(CO)c(c32)O1)OC(C1(O)CC=CC2CN(CCCOC)CCC21)C5)=NCC=4. The van der Waals surface area contributed by atoms with Crippen molar-refractivity contribution in [1.29, 1.82) is 0 Å². The molecule has 6 unspecified atom stereocenters. The van der Waals surface area contributed by atoms with Crippen LogP contribution >= 0.6 is 0 Å². The Kier molecular flexibility index (Phi) is 11.8. The summed E-state index contributed by atoms with van der Waals surface area (Å²) in [5, 5.41) is 36.8. The number of carbonyl (C=O) groups is 3. The van der Waals surface area contributed by atoms with Crippen LogP contribution in [0.1, 0.15) is 85.6 Å². The summed E-state index contributed by atoms with van der Waals surface area (Å²) in [6.07, 6.45) is 10.4. The van der Waals surface area contributed by atoms with Crippen molar-refractivity contribution >= 4 is 29.7 Å². The average molecular weight is 837 g/mol. The largest absolute Gasteiger partial charge is 0.492 e. The first-order chi connectivity index (χ1) is 29.7. The van der Waals surface area contributed by atoms with Crippen LogP contribution in [0, 0.1) is 17.8 Å². The second-order valence-electron chi connectivity index (χ2n) is 17.6. The van der Waals surface area contributed by atoms with Gasteiger partial charge in [0.25, 0.3) is 0 Å². The van der Waals surface area contributed by atoms with Crippen LogP contribution in [0.25, 0.3) is 11.6 Å². The Bertz CT molecular complexity index is 2350. The summed E-state index contributed by atoms with van der Waals surface area (Å²) in [5.74, 6) is -1.18. The van der Waals surface area contributed by atoms with Gasteiger partial charge < -0.3 is 43.9 Å². The number of methoxy groups -OCH3 is 1. The van der Waals surface area contributed by atoms with E-state index in [-0.39, 0.29) is 85.3 Å². The highest BCUT2D eigenvalue weighted by molar-refractivity contribution is 6.11. The molecule has 0 radical (unpaired) electrons. The van der Waals surface area contributed by atoms with E-state index in [9.17, 15) is 29.7 Å². The molecule has 13 heteroatoms. The van der Waals surface area contributed by atoms with Gasteiger partial charge in [0.15, 0.2) is 6.29 Å². The molecular formula is C48H56N2O11. The number of benzene rings is 2. The number of hydrogen-bond acceptors (Lipinski definition) is 13. The van der Waals surface area contributed by atoms with Crippen LogP contribution in [0.4, 0.5) is 0 Å². The third kappa shape index (κ3) is 7.35. The molecule has 2 aliphatic carbocycles. The van der Waals surface area contributed by atoms with Gasteiger partial charge in [0.1, 0.15) is 34.7 Å². The van der Waals surface area contributed by atoms with E-state index in [1.54, 1.807) is 14.0 Å². The molecule has 1 saturated carbocycles. The highest BCUT2D eigenvalue weighted by atomic mass is 16.6. The van der Waals surface area contributed by atoms with Gasteiger partial charge in [-0.3, -0.25) is 14.6 Å². The number of aldehydes is 1. The van der Waals surface area contributed by atoms with Crippen LogP contribution in [-0.4, -0.2) is 110 Å². The number of carbonyl (C=O) groups excluding carboxylic acids is 3. The third-order valence-corrected chi connectivity index (χ3v) is 14.1. The topological polar surface area (TPSA) is 174 Å². The van der Waals surface area contributed by atoms with Crippen molar-refractivity contribution in [3.05, 3.63) is 79.6 Å². The molecule has 2 fully saturated rings. The van der Waals surface area contributed by atoms with Crippen molar-refractivity contribution in [2.75, 3.05) is 59.7 Å². The number of likely N-dealkylation sites (tertiary alicyclic amines) is 1. The minimum atomic E-state index is -1.26. The fraction of sp³-hybridized carbons (Fsp3) is 0.542. The first-order valence-corrected chi connectivity index (χ1v) is 22.0. The van der Waals surface area contributed by atoms with E-state index in [2.05, 4.69) is 28.1 Å². The minimum Gasteiger partial charge on any atom is -0.492 e. The van der Waals surface area contributed by atoms with Crippen LogP contribution in [-0.2, 0) is 43.3 Å². The monoisotopic (exact) mass is 836 g/mol. The summed E-state index contributed by atoms with van der Waals surface area (Å²) in [5.41, 5.74) is 3.05. The zero-order valence-electron chi connectivity index (χ0n) is 35.1. The van der Waals surface area contributed by atoms with Gasteiger partial charge in [-0.2, -0.15) is 0 Å². The van der Waals surface area contributed by atoms with Crippen LogP contribution in [0.15, 0.2) is 46.2 Å². The van der Waals surface area contributed by atoms with Gasteiger partial charge in [-0.15, -0.1) is 0 Å². The zero-order valence-corrected chi connectivity index (χ0v) is 35.1. The molecular weight excluding hydrogens is 781 g/mol. The maximum Gasteiger partial charge on any atom is 0.375 e. The van der Waals surface area contributed by atoms with E-state index in [0.29, 0.717) is 73.3 Å². The van der Waals surface area contributed by atoms with Crippen molar-refractivity contribution in [1.82, 2.24) is 4.90 Å². The summed E-state index contributed by atoms with van der Waals surface area (Å²) in [6.45, 7) is 4.86. The lowest BCUT2D eigenvalue weighted by molar-refractivity contribution is -0.141. The number of ether oxygens (including phenoxy) is 5. The number of piperidine rings is 1. The lowest BCUT2D eigenvalue weighted by Crippen LogP contribution is -2.58. The maximum absolute atomic E-state index is 14.1. The van der Waals surface area contributed by atoms with Gasteiger partial charge in [-0.05, 0) is 92.8 Å². The number of rotatable bonds is 10. The molecule has 3 N–H and O–H groups in total. The normalized spacial score (nSPS) is 27.9. The molecule has 7 aliphatic rings. The smallest absolute Gasteiger partial charge is 0.375 e. The predicted molar refractivity (Wildman–Crippen MR) is 224 cm³/mol. The Morgan fingerprint density at radius 2 is 1.98 bits per heavy atom. The van der Waals surface area contributed by atoms with Gasteiger partial charge in [-0.25, -0.2) is 4.79 Å². The quantitative estimate of drug-likeness (QED) is 0.138. The average Bonchev–Trinajstić information content (AvgIpc) is 3.93. The van der Waals surface area contributed by atoms with Crippen LogP contribution in [0.3, 0.4) is 0 Å². The number of ketones is 1. The summed E-state index contributed by atoms with van der Waals surface area (Å²) < 4.78 is 31.0. The Hall–Kier alpha value is -4.66. The summed E-state index contributed by atoms with van der Waals surface area (Å²) in [4.78, 5) is 48.3.